The number of nitrogens with one attached hydrogen (secondary N) is 1. The molecule has 0 atom stereocenters. The third-order valence-electron chi connectivity index (χ3n) is 2.75. The van der Waals surface area contributed by atoms with Gasteiger partial charge in [-0.3, -0.25) is 0 Å². The van der Waals surface area contributed by atoms with Gasteiger partial charge in [-0.25, -0.2) is 14.6 Å². The van der Waals surface area contributed by atoms with Crippen LogP contribution in [0, 0.1) is 0 Å². The third-order valence-corrected chi connectivity index (χ3v) is 3.22. The van der Waals surface area contributed by atoms with Crippen LogP contribution in [0.5, 0.6) is 0 Å². The molecular weight excluding hydrogens is 318 g/mol. The summed E-state index contributed by atoms with van der Waals surface area (Å²) in [5.74, 6) is 1.64. The van der Waals surface area contributed by atoms with Crippen molar-refractivity contribution < 1.29 is 0 Å². The Labute approximate surface area is 124 Å². The molecule has 0 aliphatic heterocycles. The second kappa shape index (κ2) is 5.83. The molecule has 0 fully saturated rings. The largest absolute Gasteiger partial charge is 0.366 e. The van der Waals surface area contributed by atoms with E-state index >= 15 is 0 Å². The fourth-order valence-electron chi connectivity index (χ4n) is 1.77. The van der Waals surface area contributed by atoms with E-state index in [1.54, 1.807) is 23.3 Å². The fraction of sp³-hybridized carbons (Fsp3) is 0.0714. The summed E-state index contributed by atoms with van der Waals surface area (Å²) in [6, 6.07) is 9.73. The molecule has 0 aliphatic carbocycles. The highest BCUT2D eigenvalue weighted by Crippen LogP contribution is 2.12. The first-order valence-corrected chi connectivity index (χ1v) is 6.91. The van der Waals surface area contributed by atoms with Crippen molar-refractivity contribution in [1.29, 1.82) is 0 Å². The molecule has 0 spiro atoms. The van der Waals surface area contributed by atoms with Crippen LogP contribution in [-0.4, -0.2) is 19.7 Å². The van der Waals surface area contributed by atoms with E-state index in [2.05, 4.69) is 36.3 Å². The lowest BCUT2D eigenvalue weighted by Gasteiger charge is -2.07. The monoisotopic (exact) mass is 329 g/mol. The summed E-state index contributed by atoms with van der Waals surface area (Å²) in [6.45, 7) is 0.686. The maximum absolute atomic E-state index is 4.30. The highest BCUT2D eigenvalue weighted by molar-refractivity contribution is 9.10. The van der Waals surface area contributed by atoms with Crippen LogP contribution in [0.3, 0.4) is 0 Å². The lowest BCUT2D eigenvalue weighted by atomic mass is 10.2. The molecule has 3 aromatic rings. The smallest absolute Gasteiger partial charge is 0.153 e. The minimum Gasteiger partial charge on any atom is -0.366 e. The Bertz CT molecular complexity index is 679. The normalized spacial score (nSPS) is 10.4. The van der Waals surface area contributed by atoms with Crippen molar-refractivity contribution in [2.24, 2.45) is 0 Å². The first-order valence-electron chi connectivity index (χ1n) is 6.12. The molecule has 0 unspecified atom stereocenters. The summed E-state index contributed by atoms with van der Waals surface area (Å²) in [4.78, 5) is 8.57. The van der Waals surface area contributed by atoms with Gasteiger partial charge in [0.05, 0.1) is 0 Å². The summed E-state index contributed by atoms with van der Waals surface area (Å²) in [5.41, 5.74) is 1.12. The average Bonchev–Trinajstić information content (AvgIpc) is 3.01. The van der Waals surface area contributed by atoms with Crippen molar-refractivity contribution in [3.63, 3.8) is 0 Å². The molecule has 5 nitrogen and oxygen atoms in total. The highest BCUT2D eigenvalue weighted by atomic mass is 79.9. The van der Waals surface area contributed by atoms with Crippen LogP contribution in [0.2, 0.25) is 0 Å². The van der Waals surface area contributed by atoms with Crippen LogP contribution < -0.4 is 5.32 Å². The molecule has 100 valence electrons. The van der Waals surface area contributed by atoms with E-state index in [1.807, 2.05) is 36.5 Å². The molecule has 6 heteroatoms. The number of rotatable bonds is 4. The van der Waals surface area contributed by atoms with Gasteiger partial charge in [0.2, 0.25) is 0 Å². The molecular formula is C14H12BrN5. The quantitative estimate of drug-likeness (QED) is 0.799. The Hall–Kier alpha value is -2.21. The number of anilines is 1. The highest BCUT2D eigenvalue weighted by Gasteiger charge is 2.00. The SMILES string of the molecule is Brc1ccc(NCc2ccnc(-n3cccn3)c2)nc1. The van der Waals surface area contributed by atoms with Crippen LogP contribution in [0.4, 0.5) is 5.82 Å². The zero-order valence-electron chi connectivity index (χ0n) is 10.6. The van der Waals surface area contributed by atoms with E-state index in [0.717, 1.165) is 21.7 Å². The number of aromatic nitrogens is 4. The Balaban J connectivity index is 1.72. The number of nitrogens with zero attached hydrogens (tertiary/aromatic N) is 4. The second-order valence-electron chi connectivity index (χ2n) is 4.19. The van der Waals surface area contributed by atoms with Crippen molar-refractivity contribution in [2.75, 3.05) is 5.32 Å². The zero-order valence-corrected chi connectivity index (χ0v) is 12.2. The maximum Gasteiger partial charge on any atom is 0.153 e. The van der Waals surface area contributed by atoms with E-state index in [0.29, 0.717) is 6.54 Å². The van der Waals surface area contributed by atoms with Gasteiger partial charge < -0.3 is 5.32 Å². The van der Waals surface area contributed by atoms with Gasteiger partial charge in [-0.05, 0) is 51.8 Å². The summed E-state index contributed by atoms with van der Waals surface area (Å²) in [5, 5.41) is 7.44. The van der Waals surface area contributed by atoms with E-state index < -0.39 is 0 Å². The van der Waals surface area contributed by atoms with Crippen molar-refractivity contribution in [3.8, 4) is 5.82 Å². The Morgan fingerprint density at radius 3 is 2.85 bits per heavy atom. The van der Waals surface area contributed by atoms with E-state index in [4.69, 9.17) is 0 Å². The second-order valence-corrected chi connectivity index (χ2v) is 5.10. The number of pyridine rings is 2. The van der Waals surface area contributed by atoms with Gasteiger partial charge in [-0.1, -0.05) is 0 Å². The summed E-state index contributed by atoms with van der Waals surface area (Å²) < 4.78 is 2.70. The minimum absolute atomic E-state index is 0.686. The van der Waals surface area contributed by atoms with Crippen molar-refractivity contribution in [3.05, 3.63) is 65.2 Å². The predicted molar refractivity (Wildman–Crippen MR) is 80.6 cm³/mol. The molecule has 0 aliphatic rings. The van der Waals surface area contributed by atoms with Crippen molar-refractivity contribution in [1.82, 2.24) is 19.7 Å². The van der Waals surface area contributed by atoms with Gasteiger partial charge in [0.25, 0.3) is 0 Å². The van der Waals surface area contributed by atoms with Crippen LogP contribution in [0.25, 0.3) is 5.82 Å². The third kappa shape index (κ3) is 3.03. The molecule has 3 rings (SSSR count). The predicted octanol–water partition coefficient (Wildman–Crippen LogP) is 3.04. The van der Waals surface area contributed by atoms with Gasteiger partial charge in [0.1, 0.15) is 5.82 Å². The van der Waals surface area contributed by atoms with Gasteiger partial charge in [0, 0.05) is 35.8 Å². The molecule has 3 heterocycles. The van der Waals surface area contributed by atoms with Crippen LogP contribution >= 0.6 is 15.9 Å². The van der Waals surface area contributed by atoms with Crippen molar-refractivity contribution in [2.45, 2.75) is 6.54 Å². The topological polar surface area (TPSA) is 55.6 Å². The average molecular weight is 330 g/mol. The fourth-order valence-corrected chi connectivity index (χ4v) is 2.01. The Kier molecular flexibility index (Phi) is 3.73. The molecule has 0 radical (unpaired) electrons. The van der Waals surface area contributed by atoms with Gasteiger partial charge >= 0.3 is 0 Å². The summed E-state index contributed by atoms with van der Waals surface area (Å²) in [6.07, 6.45) is 7.15. The lowest BCUT2D eigenvalue weighted by Crippen LogP contribution is -2.03. The minimum atomic E-state index is 0.686. The maximum atomic E-state index is 4.30. The summed E-state index contributed by atoms with van der Waals surface area (Å²) in [7, 11) is 0. The zero-order chi connectivity index (χ0) is 13.8. The summed E-state index contributed by atoms with van der Waals surface area (Å²) >= 11 is 3.36. The van der Waals surface area contributed by atoms with E-state index in [1.165, 1.54) is 0 Å². The van der Waals surface area contributed by atoms with Crippen LogP contribution in [-0.2, 0) is 6.54 Å². The van der Waals surface area contributed by atoms with E-state index in [9.17, 15) is 0 Å². The first-order chi connectivity index (χ1) is 9.81. The Morgan fingerprint density at radius 1 is 1.15 bits per heavy atom. The molecule has 1 N–H and O–H groups in total. The molecule has 20 heavy (non-hydrogen) atoms. The lowest BCUT2D eigenvalue weighted by molar-refractivity contribution is 0.843. The molecule has 0 amide bonds. The molecule has 0 aromatic carbocycles. The van der Waals surface area contributed by atoms with Crippen molar-refractivity contribution >= 4 is 21.7 Å². The van der Waals surface area contributed by atoms with Gasteiger partial charge in [-0.2, -0.15) is 5.10 Å². The van der Waals surface area contributed by atoms with Gasteiger partial charge in [0.15, 0.2) is 5.82 Å². The number of hydrogen-bond donors (Lipinski definition) is 1. The first kappa shape index (κ1) is 12.8. The number of hydrogen-bond acceptors (Lipinski definition) is 4. The molecule has 0 saturated heterocycles. The van der Waals surface area contributed by atoms with E-state index in [-0.39, 0.29) is 0 Å². The van der Waals surface area contributed by atoms with Gasteiger partial charge in [-0.15, -0.1) is 0 Å². The molecule has 0 bridgehead atoms. The van der Waals surface area contributed by atoms with Crippen LogP contribution in [0.15, 0.2) is 59.6 Å². The molecule has 3 aromatic heterocycles. The van der Waals surface area contributed by atoms with Crippen LogP contribution in [0.1, 0.15) is 5.56 Å². The number of halogens is 1. The Morgan fingerprint density at radius 2 is 2.10 bits per heavy atom. The standard InChI is InChI=1S/C14H12BrN5/c15-12-2-3-13(18-10-12)17-9-11-4-6-16-14(8-11)20-7-1-5-19-20/h1-8,10H,9H2,(H,17,18). The molecule has 0 saturated carbocycles.